The van der Waals surface area contributed by atoms with Crippen LogP contribution in [-0.2, 0) is 0 Å². The van der Waals surface area contributed by atoms with Gasteiger partial charge in [-0.25, -0.2) is 15.0 Å². The third-order valence-corrected chi connectivity index (χ3v) is 3.46. The molecule has 0 unspecified atom stereocenters. The Morgan fingerprint density at radius 1 is 0.900 bits per heavy atom. The van der Waals surface area contributed by atoms with Gasteiger partial charge in [-0.05, 0) is 12.1 Å². The number of nitrogen functional groups attached to an aromatic ring is 1. The van der Waals surface area contributed by atoms with Gasteiger partial charge in [0, 0.05) is 26.2 Å². The van der Waals surface area contributed by atoms with Gasteiger partial charge >= 0.3 is 0 Å². The fourth-order valence-corrected chi connectivity index (χ4v) is 2.29. The van der Waals surface area contributed by atoms with Gasteiger partial charge in [-0.3, -0.25) is 0 Å². The summed E-state index contributed by atoms with van der Waals surface area (Å²) in [5.41, 5.74) is 6.33. The van der Waals surface area contributed by atoms with Gasteiger partial charge in [0.15, 0.2) is 0 Å². The van der Waals surface area contributed by atoms with Crippen LogP contribution in [-0.4, -0.2) is 41.1 Å². The molecule has 0 spiro atoms. The highest BCUT2D eigenvalue weighted by Crippen LogP contribution is 2.17. The first-order chi connectivity index (χ1) is 9.72. The van der Waals surface area contributed by atoms with Crippen molar-refractivity contribution >= 4 is 29.1 Å². The molecule has 0 atom stereocenters. The van der Waals surface area contributed by atoms with Crippen LogP contribution in [0.15, 0.2) is 30.7 Å². The number of hydrogen-bond donors (Lipinski definition) is 1. The number of pyridine rings is 1. The van der Waals surface area contributed by atoms with Crippen LogP contribution in [0.5, 0.6) is 0 Å². The van der Waals surface area contributed by atoms with E-state index in [-0.39, 0.29) is 0 Å². The Labute approximate surface area is 122 Å². The fraction of sp³-hybridized carbons (Fsp3) is 0.308. The predicted octanol–water partition coefficient (Wildman–Crippen LogP) is 1.43. The third kappa shape index (κ3) is 2.75. The van der Waals surface area contributed by atoms with E-state index in [4.69, 9.17) is 17.3 Å². The summed E-state index contributed by atoms with van der Waals surface area (Å²) < 4.78 is 0. The minimum Gasteiger partial charge on any atom is -0.397 e. The standard InChI is InChI=1S/C13H15ClN6/c14-10-7-17-13(18-8-10)20-5-3-19(4-6-20)12-2-1-11(15)9-16-12/h1-2,7-9H,3-6,15H2. The summed E-state index contributed by atoms with van der Waals surface area (Å²) in [6, 6.07) is 3.82. The van der Waals surface area contributed by atoms with Crippen molar-refractivity contribution in [3.63, 3.8) is 0 Å². The van der Waals surface area contributed by atoms with Gasteiger partial charge in [0.05, 0.1) is 29.3 Å². The van der Waals surface area contributed by atoms with E-state index >= 15 is 0 Å². The van der Waals surface area contributed by atoms with E-state index in [0.29, 0.717) is 10.7 Å². The van der Waals surface area contributed by atoms with Crippen LogP contribution in [0.3, 0.4) is 0 Å². The fourth-order valence-electron chi connectivity index (χ4n) is 2.19. The number of nitrogens with two attached hydrogens (primary N) is 1. The Kier molecular flexibility index (Phi) is 3.56. The molecule has 3 heterocycles. The molecule has 0 radical (unpaired) electrons. The first kappa shape index (κ1) is 12.9. The van der Waals surface area contributed by atoms with Crippen molar-refractivity contribution in [1.29, 1.82) is 0 Å². The molecule has 2 aromatic heterocycles. The quantitative estimate of drug-likeness (QED) is 0.902. The van der Waals surface area contributed by atoms with Gasteiger partial charge in [0.1, 0.15) is 5.82 Å². The molecule has 7 heteroatoms. The second-order valence-electron chi connectivity index (χ2n) is 4.63. The smallest absolute Gasteiger partial charge is 0.225 e. The average Bonchev–Trinajstić information content (AvgIpc) is 2.49. The number of rotatable bonds is 2. The van der Waals surface area contributed by atoms with Crippen LogP contribution < -0.4 is 15.5 Å². The zero-order chi connectivity index (χ0) is 13.9. The van der Waals surface area contributed by atoms with Crippen LogP contribution >= 0.6 is 11.6 Å². The molecule has 1 fully saturated rings. The van der Waals surface area contributed by atoms with Gasteiger partial charge in [-0.2, -0.15) is 0 Å². The lowest BCUT2D eigenvalue weighted by Crippen LogP contribution is -2.47. The minimum atomic E-state index is 0.554. The van der Waals surface area contributed by atoms with Crippen LogP contribution in [0.1, 0.15) is 0 Å². The molecule has 6 nitrogen and oxygen atoms in total. The molecular weight excluding hydrogens is 276 g/mol. The van der Waals surface area contributed by atoms with Gasteiger partial charge in [-0.1, -0.05) is 11.6 Å². The Balaban J connectivity index is 1.64. The normalized spacial score (nSPS) is 15.4. The number of aromatic nitrogens is 3. The lowest BCUT2D eigenvalue weighted by molar-refractivity contribution is 0.634. The number of nitrogens with zero attached hydrogens (tertiary/aromatic N) is 5. The minimum absolute atomic E-state index is 0.554. The molecule has 0 aromatic carbocycles. The maximum absolute atomic E-state index is 5.80. The van der Waals surface area contributed by atoms with E-state index in [1.54, 1.807) is 18.6 Å². The number of anilines is 3. The topological polar surface area (TPSA) is 71.2 Å². The van der Waals surface area contributed by atoms with Crippen LogP contribution in [0, 0.1) is 0 Å². The summed E-state index contributed by atoms with van der Waals surface area (Å²) >= 11 is 5.80. The van der Waals surface area contributed by atoms with Crippen molar-refractivity contribution < 1.29 is 0 Å². The summed E-state index contributed by atoms with van der Waals surface area (Å²) in [6.45, 7) is 3.47. The van der Waals surface area contributed by atoms with Crippen molar-refractivity contribution in [3.05, 3.63) is 35.7 Å². The molecule has 0 aliphatic carbocycles. The summed E-state index contributed by atoms with van der Waals surface area (Å²) in [4.78, 5) is 17.2. The van der Waals surface area contributed by atoms with E-state index < -0.39 is 0 Å². The van der Waals surface area contributed by atoms with Crippen LogP contribution in [0.4, 0.5) is 17.5 Å². The highest BCUT2D eigenvalue weighted by molar-refractivity contribution is 6.30. The van der Waals surface area contributed by atoms with Crippen molar-refractivity contribution in [2.24, 2.45) is 0 Å². The van der Waals surface area contributed by atoms with E-state index in [0.717, 1.165) is 37.9 Å². The molecule has 0 saturated carbocycles. The Morgan fingerprint density at radius 3 is 2.15 bits per heavy atom. The maximum Gasteiger partial charge on any atom is 0.225 e. The van der Waals surface area contributed by atoms with Gasteiger partial charge in [0.25, 0.3) is 0 Å². The van der Waals surface area contributed by atoms with E-state index in [2.05, 4.69) is 24.8 Å². The highest BCUT2D eigenvalue weighted by atomic mass is 35.5. The zero-order valence-corrected chi connectivity index (χ0v) is 11.7. The van der Waals surface area contributed by atoms with E-state index in [1.807, 2.05) is 12.1 Å². The molecular formula is C13H15ClN6. The number of hydrogen-bond acceptors (Lipinski definition) is 6. The molecule has 0 bridgehead atoms. The molecule has 104 valence electrons. The lowest BCUT2D eigenvalue weighted by Gasteiger charge is -2.35. The van der Waals surface area contributed by atoms with Gasteiger partial charge in [0.2, 0.25) is 5.95 Å². The molecule has 0 amide bonds. The lowest BCUT2D eigenvalue weighted by atomic mass is 10.3. The Bertz CT molecular complexity index is 509. The molecule has 2 aromatic rings. The summed E-state index contributed by atoms with van der Waals surface area (Å²) in [5.74, 6) is 1.68. The molecule has 1 aliphatic heterocycles. The summed E-state index contributed by atoms with van der Waals surface area (Å²) in [7, 11) is 0. The molecule has 3 rings (SSSR count). The average molecular weight is 291 g/mol. The van der Waals surface area contributed by atoms with Gasteiger partial charge in [-0.15, -0.1) is 0 Å². The Morgan fingerprint density at radius 2 is 1.55 bits per heavy atom. The van der Waals surface area contributed by atoms with Crippen molar-refractivity contribution in [2.45, 2.75) is 0 Å². The monoisotopic (exact) mass is 290 g/mol. The van der Waals surface area contributed by atoms with Crippen molar-refractivity contribution in [3.8, 4) is 0 Å². The molecule has 20 heavy (non-hydrogen) atoms. The van der Waals surface area contributed by atoms with Crippen LogP contribution in [0.25, 0.3) is 0 Å². The summed E-state index contributed by atoms with van der Waals surface area (Å²) in [5, 5.41) is 0.554. The SMILES string of the molecule is Nc1ccc(N2CCN(c3ncc(Cl)cn3)CC2)nc1. The first-order valence-electron chi connectivity index (χ1n) is 6.41. The maximum atomic E-state index is 5.80. The largest absolute Gasteiger partial charge is 0.397 e. The first-order valence-corrected chi connectivity index (χ1v) is 6.79. The zero-order valence-electron chi connectivity index (χ0n) is 10.9. The Hall–Kier alpha value is -2.08. The molecule has 1 saturated heterocycles. The number of piperazine rings is 1. The third-order valence-electron chi connectivity index (χ3n) is 3.26. The van der Waals surface area contributed by atoms with Crippen molar-refractivity contribution in [1.82, 2.24) is 15.0 Å². The second-order valence-corrected chi connectivity index (χ2v) is 5.06. The number of halogens is 1. The molecule has 2 N–H and O–H groups in total. The summed E-state index contributed by atoms with van der Waals surface area (Å²) in [6.07, 6.45) is 4.93. The van der Waals surface area contributed by atoms with E-state index in [1.165, 1.54) is 0 Å². The second kappa shape index (κ2) is 5.50. The van der Waals surface area contributed by atoms with Crippen LogP contribution in [0.2, 0.25) is 5.02 Å². The van der Waals surface area contributed by atoms with E-state index in [9.17, 15) is 0 Å². The van der Waals surface area contributed by atoms with Crippen molar-refractivity contribution in [2.75, 3.05) is 41.7 Å². The van der Waals surface area contributed by atoms with Gasteiger partial charge < -0.3 is 15.5 Å². The highest BCUT2D eigenvalue weighted by Gasteiger charge is 2.19. The predicted molar refractivity (Wildman–Crippen MR) is 80.1 cm³/mol. The molecule has 1 aliphatic rings.